The van der Waals surface area contributed by atoms with Crippen molar-refractivity contribution in [3.63, 3.8) is 0 Å². The molecule has 0 saturated carbocycles. The third kappa shape index (κ3) is 8.49. The fourth-order valence-electron chi connectivity index (χ4n) is 5.11. The molecule has 2 aromatic rings. The molecule has 1 unspecified atom stereocenters. The Bertz CT molecular complexity index is 1340. The number of nitrogens with two attached hydrogens (primary N) is 1. The number of hydrogen-bond acceptors (Lipinski definition) is 7. The lowest BCUT2D eigenvalue weighted by molar-refractivity contribution is -0.143. The Morgan fingerprint density at radius 3 is 2.49 bits per heavy atom. The highest BCUT2D eigenvalue weighted by Gasteiger charge is 2.39. The molecule has 4 rings (SSSR count). The normalized spacial score (nSPS) is 18.2. The number of rotatable bonds is 11. The lowest BCUT2D eigenvalue weighted by Gasteiger charge is -2.31. The van der Waals surface area contributed by atoms with Crippen molar-refractivity contribution in [2.45, 2.75) is 50.2 Å². The van der Waals surface area contributed by atoms with E-state index in [0.717, 1.165) is 11.1 Å². The van der Waals surface area contributed by atoms with Gasteiger partial charge >= 0.3 is 0 Å². The predicted molar refractivity (Wildman–Crippen MR) is 154 cm³/mol. The summed E-state index contributed by atoms with van der Waals surface area (Å²) >= 11 is 6.12. The molecular weight excluding hydrogens is 570 g/mol. The van der Waals surface area contributed by atoms with Gasteiger partial charge in [0.15, 0.2) is 0 Å². The first-order chi connectivity index (χ1) is 19.7. The van der Waals surface area contributed by atoms with Gasteiger partial charge in [-0.3, -0.25) is 14.4 Å². The maximum absolute atomic E-state index is 13.8. The molecule has 11 nitrogen and oxygen atoms in total. The van der Waals surface area contributed by atoms with Gasteiger partial charge in [0.1, 0.15) is 12.1 Å². The number of likely N-dealkylation sites (tertiary alicyclic amines) is 1. The molecule has 2 saturated heterocycles. The van der Waals surface area contributed by atoms with E-state index in [1.54, 1.807) is 53.4 Å². The molecule has 2 aromatic carbocycles. The van der Waals surface area contributed by atoms with E-state index < -0.39 is 28.0 Å². The highest BCUT2D eigenvalue weighted by molar-refractivity contribution is 7.88. The van der Waals surface area contributed by atoms with Crippen LogP contribution in [0, 0.1) is 0 Å². The van der Waals surface area contributed by atoms with Crippen molar-refractivity contribution in [3.8, 4) is 0 Å². The zero-order valence-corrected chi connectivity index (χ0v) is 24.3. The Morgan fingerprint density at radius 1 is 1.05 bits per heavy atom. The van der Waals surface area contributed by atoms with Gasteiger partial charge in [0, 0.05) is 37.7 Å². The zero-order chi connectivity index (χ0) is 29.4. The molecule has 3 amide bonds. The molecular formula is C28H36ClN5O6S. The number of amides is 3. The van der Waals surface area contributed by atoms with Crippen LogP contribution in [0.15, 0.2) is 48.5 Å². The summed E-state index contributed by atoms with van der Waals surface area (Å²) in [5.41, 5.74) is 7.96. The molecule has 0 radical (unpaired) electrons. The highest BCUT2D eigenvalue weighted by atomic mass is 35.5. The van der Waals surface area contributed by atoms with Crippen LogP contribution in [-0.2, 0) is 48.0 Å². The summed E-state index contributed by atoms with van der Waals surface area (Å²) in [7, 11) is -4.00. The molecule has 2 atom stereocenters. The van der Waals surface area contributed by atoms with Gasteiger partial charge in [-0.2, -0.15) is 0 Å². The first-order valence-electron chi connectivity index (χ1n) is 13.6. The van der Waals surface area contributed by atoms with Gasteiger partial charge in [-0.05, 0) is 41.7 Å². The topological polar surface area (TPSA) is 151 Å². The van der Waals surface area contributed by atoms with Crippen LogP contribution in [0.25, 0.3) is 0 Å². The molecule has 2 heterocycles. The second-order valence-corrected chi connectivity index (χ2v) is 12.3. The van der Waals surface area contributed by atoms with Crippen LogP contribution >= 0.6 is 11.6 Å². The Hall–Kier alpha value is -3.03. The maximum atomic E-state index is 13.8. The third-order valence-electron chi connectivity index (χ3n) is 7.24. The number of morpholine rings is 1. The van der Waals surface area contributed by atoms with Crippen molar-refractivity contribution in [2.75, 3.05) is 32.8 Å². The molecule has 222 valence electrons. The zero-order valence-electron chi connectivity index (χ0n) is 22.8. The highest BCUT2D eigenvalue weighted by Crippen LogP contribution is 2.22. The summed E-state index contributed by atoms with van der Waals surface area (Å²) in [6.07, 6.45) is 0.619. The van der Waals surface area contributed by atoms with Crippen LogP contribution in [0.2, 0.25) is 5.02 Å². The fraction of sp³-hybridized carbons (Fsp3) is 0.464. The number of halogens is 1. The maximum Gasteiger partial charge on any atom is 0.243 e. The number of hydrogen-bond donors (Lipinski definition) is 3. The van der Waals surface area contributed by atoms with Gasteiger partial charge < -0.3 is 25.6 Å². The molecule has 2 fully saturated rings. The molecule has 0 aromatic heterocycles. The molecule has 2 aliphatic heterocycles. The van der Waals surface area contributed by atoms with Crippen molar-refractivity contribution in [2.24, 2.45) is 5.73 Å². The van der Waals surface area contributed by atoms with Crippen molar-refractivity contribution < 1.29 is 27.5 Å². The molecule has 4 N–H and O–H groups in total. The lowest BCUT2D eigenvalue weighted by Crippen LogP contribution is -2.55. The second kappa shape index (κ2) is 14.2. The van der Waals surface area contributed by atoms with Crippen LogP contribution in [-0.4, -0.2) is 80.9 Å². The Morgan fingerprint density at radius 2 is 1.78 bits per heavy atom. The van der Waals surface area contributed by atoms with Gasteiger partial charge in [0.05, 0.1) is 25.4 Å². The smallest absolute Gasteiger partial charge is 0.243 e. The van der Waals surface area contributed by atoms with Gasteiger partial charge in [0.25, 0.3) is 0 Å². The van der Waals surface area contributed by atoms with Crippen molar-refractivity contribution in [3.05, 3.63) is 70.2 Å². The third-order valence-corrected chi connectivity index (χ3v) is 8.83. The number of sulfonamides is 1. The molecule has 13 heteroatoms. The van der Waals surface area contributed by atoms with Gasteiger partial charge in [-0.15, -0.1) is 0 Å². The predicted octanol–water partition coefficient (Wildman–Crippen LogP) is 1.14. The van der Waals surface area contributed by atoms with Crippen LogP contribution in [0.5, 0.6) is 0 Å². The van der Waals surface area contributed by atoms with Gasteiger partial charge in [0.2, 0.25) is 27.7 Å². The summed E-state index contributed by atoms with van der Waals surface area (Å²) in [4.78, 5) is 43.1. The van der Waals surface area contributed by atoms with Gasteiger partial charge in [-0.1, -0.05) is 48.0 Å². The Balaban J connectivity index is 1.49. The number of nitrogens with one attached hydrogen (secondary N) is 2. The molecule has 41 heavy (non-hydrogen) atoms. The van der Waals surface area contributed by atoms with E-state index in [1.165, 1.54) is 4.90 Å². The van der Waals surface area contributed by atoms with Crippen LogP contribution in [0.1, 0.15) is 36.0 Å². The average molecular weight is 606 g/mol. The number of nitrogens with zero attached hydrogens (tertiary/aromatic N) is 2. The number of carbonyl (C=O) groups excluding carboxylic acids is 3. The van der Waals surface area contributed by atoms with E-state index in [0.29, 0.717) is 49.7 Å². The molecule has 2 aliphatic rings. The quantitative estimate of drug-likeness (QED) is 0.347. The van der Waals surface area contributed by atoms with Crippen molar-refractivity contribution in [1.82, 2.24) is 19.8 Å². The summed E-state index contributed by atoms with van der Waals surface area (Å²) in [6.45, 7) is 2.18. The SMILES string of the molecule is NCc1ccc(Cl)cc1CNC(=O)[C@@H]1CCCN1C(=O)C(CC(=O)N1CCOCC1)NS(=O)(=O)Cc1ccccc1. The summed E-state index contributed by atoms with van der Waals surface area (Å²) in [5.74, 6) is -1.68. The van der Waals surface area contributed by atoms with Crippen LogP contribution in [0.3, 0.4) is 0 Å². The van der Waals surface area contributed by atoms with E-state index in [1.807, 2.05) is 0 Å². The van der Waals surface area contributed by atoms with E-state index in [9.17, 15) is 22.8 Å². The minimum Gasteiger partial charge on any atom is -0.378 e. The lowest BCUT2D eigenvalue weighted by atomic mass is 10.1. The van der Waals surface area contributed by atoms with E-state index in [4.69, 9.17) is 22.1 Å². The van der Waals surface area contributed by atoms with Crippen LogP contribution in [0.4, 0.5) is 0 Å². The van der Waals surface area contributed by atoms with E-state index >= 15 is 0 Å². The van der Waals surface area contributed by atoms with Crippen LogP contribution < -0.4 is 15.8 Å². The minimum absolute atomic E-state index is 0.174. The Kier molecular flexibility index (Phi) is 10.7. The minimum atomic E-state index is -4.00. The van der Waals surface area contributed by atoms with E-state index in [2.05, 4.69) is 10.0 Å². The standard InChI is InChI=1S/C28H36ClN5O6S/c29-23-9-8-21(17-30)22(15-23)18-31-27(36)25-7-4-10-34(25)28(37)24(16-26(35)33-11-13-40-14-12-33)32-41(38,39)19-20-5-2-1-3-6-20/h1-3,5-6,8-9,15,24-25,32H,4,7,10-14,16-19,30H2,(H,31,36)/t24?,25-/m0/s1. The number of carbonyl (C=O) groups is 3. The first-order valence-corrected chi connectivity index (χ1v) is 15.6. The number of ether oxygens (including phenoxy) is 1. The monoisotopic (exact) mass is 605 g/mol. The van der Waals surface area contributed by atoms with E-state index in [-0.39, 0.29) is 43.6 Å². The van der Waals surface area contributed by atoms with Crippen molar-refractivity contribution in [1.29, 1.82) is 0 Å². The summed E-state index contributed by atoms with van der Waals surface area (Å²) in [6, 6.07) is 11.7. The summed E-state index contributed by atoms with van der Waals surface area (Å²) < 4.78 is 34.0. The first kappa shape index (κ1) is 30.9. The summed E-state index contributed by atoms with van der Waals surface area (Å²) in [5, 5.41) is 3.38. The fourth-order valence-corrected chi connectivity index (χ4v) is 6.64. The Labute approximate surface area is 245 Å². The largest absolute Gasteiger partial charge is 0.378 e. The molecule has 0 aliphatic carbocycles. The molecule has 0 bridgehead atoms. The molecule has 0 spiro atoms. The number of benzene rings is 2. The average Bonchev–Trinajstić information content (AvgIpc) is 3.46. The van der Waals surface area contributed by atoms with Crippen molar-refractivity contribution >= 4 is 39.3 Å². The van der Waals surface area contributed by atoms with Gasteiger partial charge in [-0.25, -0.2) is 13.1 Å². The second-order valence-electron chi connectivity index (χ2n) is 10.1.